The Hall–Kier alpha value is -5.81. The van der Waals surface area contributed by atoms with Crippen molar-refractivity contribution in [3.8, 4) is 11.5 Å². The maximum Gasteiger partial charge on any atom is 0.323 e. The second kappa shape index (κ2) is 19.1. The Morgan fingerprint density at radius 2 is 1.05 bits per heavy atom. The second-order valence-corrected chi connectivity index (χ2v) is 16.0. The molecule has 0 spiro atoms. The molecule has 60 heavy (non-hydrogen) atoms. The van der Waals surface area contributed by atoms with Crippen LogP contribution < -0.4 is 20.1 Å². The highest BCUT2D eigenvalue weighted by Crippen LogP contribution is 2.39. The Morgan fingerprint density at radius 1 is 0.550 bits per heavy atom. The van der Waals surface area contributed by atoms with Crippen molar-refractivity contribution in [2.45, 2.75) is 19.6 Å². The van der Waals surface area contributed by atoms with Crippen LogP contribution in [0.3, 0.4) is 0 Å². The molecule has 0 radical (unpaired) electrons. The van der Waals surface area contributed by atoms with Gasteiger partial charge in [-0.25, -0.2) is 15.3 Å². The van der Waals surface area contributed by atoms with E-state index in [1.54, 1.807) is 12.1 Å². The molecule has 0 aliphatic heterocycles. The molecule has 0 fully saturated rings. The molecule has 0 saturated carbocycles. The van der Waals surface area contributed by atoms with Crippen LogP contribution in [0, 0.1) is 0 Å². The average Bonchev–Trinajstić information content (AvgIpc) is 3.22. The summed E-state index contributed by atoms with van der Waals surface area (Å²) in [6, 6.07) is 22.4. The van der Waals surface area contributed by atoms with Gasteiger partial charge in [-0.2, -0.15) is 37.3 Å². The number of nitrogens with one attached hydrogen (secondary N) is 2. The van der Waals surface area contributed by atoms with Crippen LogP contribution in [0.1, 0.15) is 0 Å². The first-order valence-corrected chi connectivity index (χ1v) is 20.7. The molecule has 0 heterocycles. The Labute approximate surface area is 347 Å². The van der Waals surface area contributed by atoms with E-state index < -0.39 is 36.1 Å². The average molecular weight is 901 g/mol. The zero-order chi connectivity index (χ0) is 43.0. The maximum atomic E-state index is 13.1. The molecule has 0 unspecified atom stereocenters. The number of amides is 2. The van der Waals surface area contributed by atoms with E-state index in [1.165, 1.54) is 93.1 Å². The molecule has 6 rings (SSSR count). The molecule has 0 aliphatic carbocycles. The summed E-state index contributed by atoms with van der Waals surface area (Å²) in [5, 5.41) is 47.4. The molecule has 21 nitrogen and oxygen atoms in total. The molecule has 0 aromatic heterocycles. The third-order valence-electron chi connectivity index (χ3n) is 8.10. The van der Waals surface area contributed by atoms with Gasteiger partial charge < -0.3 is 20.1 Å². The molecule has 2 amide bonds. The van der Waals surface area contributed by atoms with Gasteiger partial charge in [-0.15, -0.1) is 8.67 Å². The maximum absolute atomic E-state index is 13.1. The SMILES string of the molecule is COc1cc(N=Nc2cc(S(=O)(=O)O)c3cccc(SOOO)c3c2)ccc1NC(=O)Nc1ccc(N=Nc2cc(SOOO)c3cccc(S(=O)(=O)O)c3c2)cc1OC. The fraction of sp³-hybridized carbons (Fsp3) is 0.0571. The van der Waals surface area contributed by atoms with Crippen LogP contribution in [0.15, 0.2) is 137 Å². The summed E-state index contributed by atoms with van der Waals surface area (Å²) in [7, 11) is -6.62. The number of nitrogens with zero attached hydrogens (tertiary/aromatic N) is 4. The minimum atomic E-state index is -4.71. The lowest BCUT2D eigenvalue weighted by molar-refractivity contribution is -0.432. The molecule has 312 valence electrons. The third-order valence-corrected chi connectivity index (χ3v) is 11.2. The van der Waals surface area contributed by atoms with E-state index in [1.807, 2.05) is 0 Å². The molecular weight excluding hydrogens is 873 g/mol. The molecule has 25 heteroatoms. The number of ether oxygens (including phenoxy) is 2. The summed E-state index contributed by atoms with van der Waals surface area (Å²) in [5.41, 5.74) is 1.14. The van der Waals surface area contributed by atoms with Gasteiger partial charge in [0, 0.05) is 38.1 Å². The van der Waals surface area contributed by atoms with Crippen molar-refractivity contribution in [2.75, 3.05) is 24.9 Å². The highest BCUT2D eigenvalue weighted by atomic mass is 32.2. The van der Waals surface area contributed by atoms with Crippen LogP contribution in [0.25, 0.3) is 21.5 Å². The fourth-order valence-corrected chi connectivity index (χ4v) is 8.08. The van der Waals surface area contributed by atoms with E-state index in [4.69, 9.17) is 20.0 Å². The van der Waals surface area contributed by atoms with Crippen molar-refractivity contribution in [1.82, 2.24) is 0 Å². The number of carbonyl (C=O) groups is 1. The molecule has 0 aliphatic rings. The number of fused-ring (bicyclic) bond motifs is 2. The van der Waals surface area contributed by atoms with Crippen molar-refractivity contribution in [1.29, 1.82) is 0 Å². The highest BCUT2D eigenvalue weighted by molar-refractivity contribution is 7.95. The van der Waals surface area contributed by atoms with Gasteiger partial charge in [0.2, 0.25) is 0 Å². The lowest BCUT2D eigenvalue weighted by Crippen LogP contribution is -2.20. The Morgan fingerprint density at radius 3 is 1.60 bits per heavy atom. The van der Waals surface area contributed by atoms with Crippen molar-refractivity contribution in [3.63, 3.8) is 0 Å². The molecule has 6 N–H and O–H groups in total. The predicted octanol–water partition coefficient (Wildman–Crippen LogP) is 9.83. The number of azo groups is 2. The summed E-state index contributed by atoms with van der Waals surface area (Å²) in [6.45, 7) is 0. The number of urea groups is 1. The number of rotatable bonds is 16. The first-order valence-electron chi connectivity index (χ1n) is 16.4. The van der Waals surface area contributed by atoms with Gasteiger partial charge >= 0.3 is 6.03 Å². The third kappa shape index (κ3) is 10.5. The lowest BCUT2D eigenvalue weighted by atomic mass is 10.1. The van der Waals surface area contributed by atoms with Gasteiger partial charge in [0.25, 0.3) is 20.2 Å². The smallest absolute Gasteiger partial charge is 0.323 e. The van der Waals surface area contributed by atoms with Crippen molar-refractivity contribution >= 4 is 106 Å². The fourth-order valence-electron chi connectivity index (χ4n) is 5.62. The first kappa shape index (κ1) is 43.8. The number of methoxy groups -OCH3 is 2. The molecule has 6 aromatic carbocycles. The van der Waals surface area contributed by atoms with E-state index in [-0.39, 0.29) is 61.3 Å². The highest BCUT2D eigenvalue weighted by Gasteiger charge is 2.20. The topological polar surface area (TPSA) is 295 Å². The van der Waals surface area contributed by atoms with Crippen molar-refractivity contribution < 1.29 is 69.5 Å². The van der Waals surface area contributed by atoms with Crippen LogP contribution in [0.5, 0.6) is 11.5 Å². The van der Waals surface area contributed by atoms with Gasteiger partial charge in [-0.3, -0.25) is 9.11 Å². The summed E-state index contributed by atoms with van der Waals surface area (Å²) < 4.78 is 88.2. The Kier molecular flexibility index (Phi) is 13.9. The van der Waals surface area contributed by atoms with Gasteiger partial charge in [-0.05, 0) is 66.0 Å². The van der Waals surface area contributed by atoms with Crippen LogP contribution in [0.2, 0.25) is 0 Å². The van der Waals surface area contributed by atoms with Crippen LogP contribution in [-0.4, -0.2) is 56.7 Å². The number of anilines is 2. The summed E-state index contributed by atoms with van der Waals surface area (Å²) >= 11 is 1.14. The lowest BCUT2D eigenvalue weighted by Gasteiger charge is -2.13. The van der Waals surface area contributed by atoms with E-state index >= 15 is 0 Å². The Bertz CT molecular complexity index is 2880. The van der Waals surface area contributed by atoms with Crippen molar-refractivity contribution in [3.05, 3.63) is 97.1 Å². The van der Waals surface area contributed by atoms with E-state index in [9.17, 15) is 30.7 Å². The largest absolute Gasteiger partial charge is 0.494 e. The normalized spacial score (nSPS) is 12.1. The monoisotopic (exact) mass is 900 g/mol. The van der Waals surface area contributed by atoms with E-state index in [0.29, 0.717) is 39.8 Å². The van der Waals surface area contributed by atoms with Gasteiger partial charge in [-0.1, -0.05) is 34.3 Å². The van der Waals surface area contributed by atoms with Gasteiger partial charge in [0.05, 0.1) is 72.4 Å². The summed E-state index contributed by atoms with van der Waals surface area (Å²) in [5.74, 6) is 0.364. The summed E-state index contributed by atoms with van der Waals surface area (Å²) in [6.07, 6.45) is 0. The van der Waals surface area contributed by atoms with E-state index in [0.717, 1.165) is 6.07 Å². The van der Waals surface area contributed by atoms with Gasteiger partial charge in [0.15, 0.2) is 0 Å². The molecule has 0 bridgehead atoms. The molecular formula is C35H28N6O15S4. The Balaban J connectivity index is 1.19. The molecule has 6 aromatic rings. The zero-order valence-corrected chi connectivity index (χ0v) is 33.7. The standard InChI is InChI=1S/C35H28N6O15S4/c1-51-29-15-19(38-40-21-14-26-23(32(17-21)58-56-54-44)5-4-8-33(26)59(45,46)47)9-11-27(29)36-35(42)37-28-12-10-20(16-30(28)52-2)39-41-22-13-25-24(34(18-22)60(48,49)50)6-3-7-31(25)57-55-53-43/h3-18,43-44H,1-2H3,(H2,36,37,42)(H,45,46,47)(H,48,49,50). The minimum Gasteiger partial charge on any atom is -0.494 e. The van der Waals surface area contributed by atoms with Crippen LogP contribution in [-0.2, 0) is 39.0 Å². The van der Waals surface area contributed by atoms with Gasteiger partial charge in [0.1, 0.15) is 21.3 Å². The number of benzene rings is 6. The number of hydrogen-bond acceptors (Lipinski definition) is 19. The second-order valence-electron chi connectivity index (χ2n) is 11.7. The number of carbonyl (C=O) groups excluding carboxylic acids is 1. The summed E-state index contributed by atoms with van der Waals surface area (Å²) in [4.78, 5) is 12.9. The van der Waals surface area contributed by atoms with Crippen LogP contribution in [0.4, 0.5) is 38.9 Å². The molecule has 0 saturated heterocycles. The quantitative estimate of drug-likeness (QED) is 0.0173. The zero-order valence-electron chi connectivity index (χ0n) is 30.4. The minimum absolute atomic E-state index is 0.0335. The van der Waals surface area contributed by atoms with Crippen molar-refractivity contribution in [2.24, 2.45) is 20.5 Å². The first-order chi connectivity index (χ1) is 28.7. The molecule has 0 atom stereocenters. The van der Waals surface area contributed by atoms with E-state index in [2.05, 4.69) is 49.8 Å². The predicted molar refractivity (Wildman–Crippen MR) is 216 cm³/mol. The number of hydrogen-bond donors (Lipinski definition) is 6. The van der Waals surface area contributed by atoms with Crippen LogP contribution >= 0.6 is 24.1 Å².